The summed E-state index contributed by atoms with van der Waals surface area (Å²) in [4.78, 5) is 28.6. The molecule has 1 fully saturated rings. The molecule has 2 aromatic carbocycles. The van der Waals surface area contributed by atoms with Crippen LogP contribution in [0.25, 0.3) is 0 Å². The first-order valence-corrected chi connectivity index (χ1v) is 11.9. The van der Waals surface area contributed by atoms with Crippen molar-refractivity contribution in [3.8, 4) is 5.75 Å². The van der Waals surface area contributed by atoms with E-state index < -0.39 is 31.5 Å². The summed E-state index contributed by atoms with van der Waals surface area (Å²) in [6.07, 6.45) is 2.42. The number of hydroxylamine groups is 1. The van der Waals surface area contributed by atoms with Gasteiger partial charge >= 0.3 is 0 Å². The van der Waals surface area contributed by atoms with Crippen LogP contribution in [0.3, 0.4) is 0 Å². The Bertz CT molecular complexity index is 1180. The number of sulfonamides is 1. The van der Waals surface area contributed by atoms with Crippen molar-refractivity contribution in [1.82, 2.24) is 4.47 Å². The van der Waals surface area contributed by atoms with E-state index >= 15 is 0 Å². The molecule has 0 radical (unpaired) electrons. The van der Waals surface area contributed by atoms with E-state index in [4.69, 9.17) is 21.2 Å². The van der Waals surface area contributed by atoms with Crippen LogP contribution in [0.4, 0.5) is 17.1 Å². The number of anilines is 3. The summed E-state index contributed by atoms with van der Waals surface area (Å²) in [7, 11) is -2.00. The van der Waals surface area contributed by atoms with Crippen LogP contribution in [0.1, 0.15) is 33.1 Å². The number of hydrogen-bond acceptors (Lipinski definition) is 9. The Morgan fingerprint density at radius 2 is 1.94 bits per heavy atom. The Balaban J connectivity index is 1.93. The van der Waals surface area contributed by atoms with Crippen molar-refractivity contribution >= 4 is 38.7 Å². The molecule has 1 aliphatic heterocycles. The fourth-order valence-electron chi connectivity index (χ4n) is 3.68. The van der Waals surface area contributed by atoms with Gasteiger partial charge in [0.25, 0.3) is 20.9 Å². The molecule has 3 rings (SSSR count). The molecular weight excluding hydrogens is 462 g/mol. The van der Waals surface area contributed by atoms with Gasteiger partial charge in [-0.05, 0) is 38.3 Å². The molecule has 1 saturated heterocycles. The highest BCUT2D eigenvalue weighted by atomic mass is 35.5. The molecule has 176 valence electrons. The second kappa shape index (κ2) is 9.36. The van der Waals surface area contributed by atoms with E-state index in [2.05, 4.69) is 10.6 Å². The van der Waals surface area contributed by atoms with Crippen LogP contribution in [0.5, 0.6) is 5.75 Å². The summed E-state index contributed by atoms with van der Waals surface area (Å²) in [6, 6.07) is 2.37. The van der Waals surface area contributed by atoms with Gasteiger partial charge in [-0.2, -0.15) is 0 Å². The number of phenols is 1. The molecule has 3 unspecified atom stereocenters. The molecule has 32 heavy (non-hydrogen) atoms. The highest BCUT2D eigenvalue weighted by molar-refractivity contribution is 7.89. The summed E-state index contributed by atoms with van der Waals surface area (Å²) in [5.74, 6) is -0.708. The van der Waals surface area contributed by atoms with E-state index in [9.17, 15) is 23.1 Å². The van der Waals surface area contributed by atoms with Crippen LogP contribution >= 0.6 is 11.6 Å². The maximum Gasteiger partial charge on any atom is 0.269 e. The van der Waals surface area contributed by atoms with Crippen molar-refractivity contribution in [1.29, 1.82) is 0 Å². The second-order valence-electron chi connectivity index (χ2n) is 7.62. The van der Waals surface area contributed by atoms with Gasteiger partial charge < -0.3 is 20.5 Å². The van der Waals surface area contributed by atoms with E-state index in [0.29, 0.717) is 10.9 Å². The Morgan fingerprint density at radius 1 is 1.28 bits per heavy atom. The Hall–Kier alpha value is -2.18. The maximum absolute atomic E-state index is 12.6. The molecule has 12 heteroatoms. The lowest BCUT2D eigenvalue weighted by atomic mass is 10.0. The van der Waals surface area contributed by atoms with Gasteiger partial charge in [0.2, 0.25) is 0 Å². The molecule has 0 saturated carbocycles. The molecule has 0 aliphatic carbocycles. The number of halogens is 1. The minimum Gasteiger partial charge on any atom is -0.504 e. The van der Waals surface area contributed by atoms with Crippen LogP contribution in [0.2, 0.25) is 5.02 Å². The lowest BCUT2D eigenvalue weighted by molar-refractivity contribution is -0.0259. The summed E-state index contributed by atoms with van der Waals surface area (Å²) < 4.78 is 31.7. The average Bonchev–Trinajstić information content (AvgIpc) is 3.19. The Kier molecular flexibility index (Phi) is 7.15. The van der Waals surface area contributed by atoms with Crippen LogP contribution < -0.4 is 21.5 Å². The second-order valence-corrected chi connectivity index (χ2v) is 9.90. The van der Waals surface area contributed by atoms with Gasteiger partial charge in [-0.3, -0.25) is 14.4 Å². The monoisotopic (exact) mass is 487 g/mol. The minimum absolute atomic E-state index is 0.0674. The predicted molar refractivity (Wildman–Crippen MR) is 121 cm³/mol. The van der Waals surface area contributed by atoms with Gasteiger partial charge in [-0.15, -0.1) is 0 Å². The van der Waals surface area contributed by atoms with Crippen molar-refractivity contribution in [2.45, 2.75) is 56.3 Å². The van der Waals surface area contributed by atoms with Gasteiger partial charge in [-0.25, -0.2) is 8.42 Å². The van der Waals surface area contributed by atoms with Crippen molar-refractivity contribution in [2.75, 3.05) is 24.8 Å². The van der Waals surface area contributed by atoms with Crippen molar-refractivity contribution in [3.63, 3.8) is 0 Å². The zero-order valence-corrected chi connectivity index (χ0v) is 19.7. The van der Waals surface area contributed by atoms with Gasteiger partial charge in [0.1, 0.15) is 16.3 Å². The van der Waals surface area contributed by atoms with Crippen LogP contribution in [0, 0.1) is 0 Å². The van der Waals surface area contributed by atoms with E-state index in [1.807, 2.05) is 13.8 Å². The summed E-state index contributed by atoms with van der Waals surface area (Å²) in [5.41, 5.74) is -1.59. The van der Waals surface area contributed by atoms with Gasteiger partial charge in [-0.1, -0.05) is 23.0 Å². The zero-order chi connectivity index (χ0) is 23.8. The van der Waals surface area contributed by atoms with Crippen molar-refractivity contribution < 1.29 is 23.1 Å². The lowest BCUT2D eigenvalue weighted by Gasteiger charge is -2.26. The first-order chi connectivity index (χ1) is 15.0. The van der Waals surface area contributed by atoms with Crippen molar-refractivity contribution in [3.05, 3.63) is 37.6 Å². The third kappa shape index (κ3) is 4.35. The minimum atomic E-state index is -4.29. The first kappa shape index (κ1) is 24.5. The first-order valence-electron chi connectivity index (χ1n) is 10.1. The number of nitrogens with one attached hydrogen (secondary N) is 2. The molecule has 3 atom stereocenters. The maximum atomic E-state index is 12.6. The van der Waals surface area contributed by atoms with E-state index in [-0.39, 0.29) is 40.3 Å². The normalized spacial score (nSPS) is 20.1. The van der Waals surface area contributed by atoms with Crippen LogP contribution in [-0.4, -0.2) is 50.4 Å². The molecular formula is C20H26ClN3O7S. The highest BCUT2D eigenvalue weighted by Crippen LogP contribution is 2.40. The van der Waals surface area contributed by atoms with E-state index in [0.717, 1.165) is 27.0 Å². The molecule has 0 bridgehead atoms. The number of phenolic OH excluding ortho intramolecular Hbond substituents is 1. The molecule has 2 aromatic rings. The average molecular weight is 488 g/mol. The molecule has 1 aliphatic rings. The molecule has 1 heterocycles. The number of rotatable bonds is 9. The fraction of sp³-hybridized carbons (Fsp3) is 0.500. The number of ether oxygens (including phenoxy) is 1. The molecule has 10 nitrogen and oxygen atoms in total. The number of nitrogens with zero attached hydrogens (tertiary/aromatic N) is 1. The summed E-state index contributed by atoms with van der Waals surface area (Å²) in [6.45, 7) is 3.92. The Labute approximate surface area is 190 Å². The summed E-state index contributed by atoms with van der Waals surface area (Å²) in [5, 5.41) is 16.1. The third-order valence-corrected chi connectivity index (χ3v) is 7.77. The van der Waals surface area contributed by atoms with Gasteiger partial charge in [0, 0.05) is 7.05 Å². The van der Waals surface area contributed by atoms with Gasteiger partial charge in [0.15, 0.2) is 5.75 Å². The quantitative estimate of drug-likeness (QED) is 0.276. The smallest absolute Gasteiger partial charge is 0.269 e. The van der Waals surface area contributed by atoms with E-state index in [1.54, 1.807) is 0 Å². The molecule has 0 aromatic heterocycles. The molecule has 0 amide bonds. The predicted octanol–water partition coefficient (Wildman–Crippen LogP) is 2.33. The zero-order valence-electron chi connectivity index (χ0n) is 18.1. The van der Waals surface area contributed by atoms with Gasteiger partial charge in [0.05, 0.1) is 36.1 Å². The third-order valence-electron chi connectivity index (χ3n) is 5.59. The largest absolute Gasteiger partial charge is 0.504 e. The number of benzene rings is 1. The van der Waals surface area contributed by atoms with Crippen molar-refractivity contribution in [2.24, 2.45) is 0 Å². The SMILES string of the molecule is CCC(Nc1c(Nc2ccc(Cl)c(S(=O)(=O)N(C)OC)c2O)c(=O)c1=O)C1CCC(C)O1. The number of aromatic hydroxyl groups is 1. The van der Waals surface area contributed by atoms with E-state index in [1.165, 1.54) is 12.1 Å². The Morgan fingerprint density at radius 3 is 2.50 bits per heavy atom. The molecule has 3 N–H and O–H groups in total. The lowest BCUT2D eigenvalue weighted by Crippen LogP contribution is -2.42. The topological polar surface area (TPSA) is 134 Å². The van der Waals surface area contributed by atoms with Crippen LogP contribution in [0.15, 0.2) is 26.6 Å². The fourth-order valence-corrected chi connectivity index (χ4v) is 5.24. The standard InChI is InChI=1S/C20H26ClN3O7S/c1-5-12(14-9-6-10(2)31-14)22-15-16(19(27)18(15)26)23-13-8-7-11(21)20(17(13)25)32(28,29)24(3)30-4/h7-8,10,12,14,22-23,25H,5-6,9H2,1-4H3. The summed E-state index contributed by atoms with van der Waals surface area (Å²) >= 11 is 6.02. The highest BCUT2D eigenvalue weighted by Gasteiger charge is 2.33. The number of hydrogen-bond donors (Lipinski definition) is 3. The molecule has 0 spiro atoms. The van der Waals surface area contributed by atoms with Crippen LogP contribution in [-0.2, 0) is 19.6 Å².